The van der Waals surface area contributed by atoms with E-state index < -0.39 is 11.8 Å². The van der Waals surface area contributed by atoms with Crippen molar-refractivity contribution in [1.29, 1.82) is 0 Å². The van der Waals surface area contributed by atoms with Gasteiger partial charge in [0.1, 0.15) is 11.5 Å². The third kappa shape index (κ3) is 7.79. The summed E-state index contributed by atoms with van der Waals surface area (Å²) < 4.78 is 11.0. The van der Waals surface area contributed by atoms with Gasteiger partial charge >= 0.3 is 0 Å². The molecule has 2 rings (SSSR count). The SMILES string of the molecule is CCCCOc1ccc(C(=O)NC(=S)NNC(=O)COc2ccccc2C)cc1. The van der Waals surface area contributed by atoms with E-state index in [-0.39, 0.29) is 11.7 Å². The van der Waals surface area contributed by atoms with Gasteiger partial charge in [0, 0.05) is 5.56 Å². The number of hydrogen-bond acceptors (Lipinski definition) is 5. The van der Waals surface area contributed by atoms with Crippen molar-refractivity contribution in [2.45, 2.75) is 26.7 Å². The van der Waals surface area contributed by atoms with Gasteiger partial charge in [0.15, 0.2) is 11.7 Å². The molecule has 2 aromatic carbocycles. The van der Waals surface area contributed by atoms with E-state index in [1.165, 1.54) is 0 Å². The maximum atomic E-state index is 12.2. The summed E-state index contributed by atoms with van der Waals surface area (Å²) in [5.41, 5.74) is 6.20. The maximum Gasteiger partial charge on any atom is 0.276 e. The molecule has 0 aliphatic carbocycles. The minimum Gasteiger partial charge on any atom is -0.494 e. The first-order chi connectivity index (χ1) is 14.0. The molecule has 0 aliphatic rings. The predicted octanol–water partition coefficient (Wildman–Crippen LogP) is 2.89. The van der Waals surface area contributed by atoms with Crippen LogP contribution in [0.15, 0.2) is 48.5 Å². The second-order valence-electron chi connectivity index (χ2n) is 6.24. The van der Waals surface area contributed by atoms with Crippen LogP contribution < -0.4 is 25.6 Å². The van der Waals surface area contributed by atoms with Crippen LogP contribution in [0.2, 0.25) is 0 Å². The van der Waals surface area contributed by atoms with E-state index >= 15 is 0 Å². The Hall–Kier alpha value is -3.13. The van der Waals surface area contributed by atoms with Crippen LogP contribution in [0.5, 0.6) is 11.5 Å². The Kier molecular flexibility index (Phi) is 8.91. The molecule has 0 atom stereocenters. The van der Waals surface area contributed by atoms with Crippen LogP contribution in [0.4, 0.5) is 0 Å². The van der Waals surface area contributed by atoms with E-state index in [1.54, 1.807) is 30.3 Å². The summed E-state index contributed by atoms with van der Waals surface area (Å²) in [6, 6.07) is 14.1. The maximum absolute atomic E-state index is 12.2. The van der Waals surface area contributed by atoms with E-state index in [9.17, 15) is 9.59 Å². The Morgan fingerprint density at radius 1 is 1.00 bits per heavy atom. The first-order valence-electron chi connectivity index (χ1n) is 9.31. The molecule has 154 valence electrons. The van der Waals surface area contributed by atoms with Gasteiger partial charge < -0.3 is 9.47 Å². The van der Waals surface area contributed by atoms with Gasteiger partial charge in [-0.3, -0.25) is 25.8 Å². The standard InChI is InChI=1S/C21H25N3O4S/c1-3-4-13-27-17-11-9-16(10-12-17)20(26)22-21(29)24-23-19(25)14-28-18-8-6-5-7-15(18)2/h5-12H,3-4,13-14H2,1-2H3,(H,23,25)(H2,22,24,26,29). The second-order valence-corrected chi connectivity index (χ2v) is 6.65. The smallest absolute Gasteiger partial charge is 0.276 e. The average Bonchev–Trinajstić information content (AvgIpc) is 2.72. The summed E-state index contributed by atoms with van der Waals surface area (Å²) in [5.74, 6) is 0.503. The Bertz CT molecular complexity index is 840. The van der Waals surface area contributed by atoms with Crippen molar-refractivity contribution in [2.24, 2.45) is 0 Å². The molecule has 3 N–H and O–H groups in total. The van der Waals surface area contributed by atoms with Gasteiger partial charge in [-0.15, -0.1) is 0 Å². The number of carbonyl (C=O) groups excluding carboxylic acids is 2. The van der Waals surface area contributed by atoms with Crippen LogP contribution in [0.1, 0.15) is 35.7 Å². The third-order valence-corrected chi connectivity index (χ3v) is 4.08. The van der Waals surface area contributed by atoms with Crippen molar-refractivity contribution < 1.29 is 19.1 Å². The molecule has 7 nitrogen and oxygen atoms in total. The lowest BCUT2D eigenvalue weighted by molar-refractivity contribution is -0.123. The van der Waals surface area contributed by atoms with E-state index in [4.69, 9.17) is 21.7 Å². The lowest BCUT2D eigenvalue weighted by Gasteiger charge is -2.12. The Morgan fingerprint density at radius 3 is 2.41 bits per heavy atom. The first-order valence-corrected chi connectivity index (χ1v) is 9.72. The fraction of sp³-hybridized carbons (Fsp3) is 0.286. The monoisotopic (exact) mass is 415 g/mol. The van der Waals surface area contributed by atoms with Crippen LogP contribution >= 0.6 is 12.2 Å². The van der Waals surface area contributed by atoms with Crippen LogP contribution in [-0.4, -0.2) is 30.1 Å². The van der Waals surface area contributed by atoms with Crippen molar-refractivity contribution in [1.82, 2.24) is 16.2 Å². The molecular weight excluding hydrogens is 390 g/mol. The highest BCUT2D eigenvalue weighted by Gasteiger charge is 2.09. The molecule has 0 unspecified atom stereocenters. The molecule has 29 heavy (non-hydrogen) atoms. The van der Waals surface area contributed by atoms with Crippen molar-refractivity contribution in [3.8, 4) is 11.5 Å². The normalized spacial score (nSPS) is 10.0. The van der Waals surface area contributed by atoms with Crippen LogP contribution in [0, 0.1) is 6.92 Å². The zero-order chi connectivity index (χ0) is 21.1. The summed E-state index contributed by atoms with van der Waals surface area (Å²) >= 11 is 5.02. The number of unbranched alkanes of at least 4 members (excludes halogenated alkanes) is 1. The summed E-state index contributed by atoms with van der Waals surface area (Å²) in [6.07, 6.45) is 2.03. The van der Waals surface area contributed by atoms with E-state index in [1.807, 2.05) is 25.1 Å². The highest BCUT2D eigenvalue weighted by Crippen LogP contribution is 2.15. The minimum atomic E-state index is -0.432. The molecule has 2 aromatic rings. The number of carbonyl (C=O) groups is 2. The molecule has 0 heterocycles. The zero-order valence-electron chi connectivity index (χ0n) is 16.5. The van der Waals surface area contributed by atoms with Crippen molar-refractivity contribution >= 4 is 29.1 Å². The zero-order valence-corrected chi connectivity index (χ0v) is 17.3. The van der Waals surface area contributed by atoms with Crippen molar-refractivity contribution in [3.63, 3.8) is 0 Å². The first kappa shape index (κ1) is 22.2. The number of rotatable bonds is 8. The predicted molar refractivity (Wildman–Crippen MR) is 115 cm³/mol. The van der Waals surface area contributed by atoms with E-state index in [0.717, 1.165) is 18.4 Å². The largest absolute Gasteiger partial charge is 0.494 e. The van der Waals surface area contributed by atoms with E-state index in [2.05, 4.69) is 23.1 Å². The lowest BCUT2D eigenvalue weighted by Crippen LogP contribution is -2.49. The van der Waals surface area contributed by atoms with Crippen LogP contribution in [0.25, 0.3) is 0 Å². The second kappa shape index (κ2) is 11.7. The number of para-hydroxylation sites is 1. The fourth-order valence-electron chi connectivity index (χ4n) is 2.27. The highest BCUT2D eigenvalue weighted by molar-refractivity contribution is 7.80. The Balaban J connectivity index is 1.72. The van der Waals surface area contributed by atoms with Crippen molar-refractivity contribution in [2.75, 3.05) is 13.2 Å². The molecule has 0 saturated heterocycles. The fourth-order valence-corrected chi connectivity index (χ4v) is 2.41. The molecule has 0 radical (unpaired) electrons. The molecule has 0 aliphatic heterocycles. The molecule has 0 bridgehead atoms. The summed E-state index contributed by atoms with van der Waals surface area (Å²) in [7, 11) is 0. The molecule has 2 amide bonds. The molecular formula is C21H25N3O4S. The van der Waals surface area contributed by atoms with Crippen LogP contribution in [-0.2, 0) is 4.79 Å². The topological polar surface area (TPSA) is 88.7 Å². The molecule has 8 heteroatoms. The number of amides is 2. The lowest BCUT2D eigenvalue weighted by atomic mass is 10.2. The van der Waals surface area contributed by atoms with Crippen LogP contribution in [0.3, 0.4) is 0 Å². The third-order valence-electron chi connectivity index (χ3n) is 3.88. The van der Waals surface area contributed by atoms with Gasteiger partial charge in [-0.1, -0.05) is 31.5 Å². The average molecular weight is 416 g/mol. The van der Waals surface area contributed by atoms with Gasteiger partial charge in [0.25, 0.3) is 11.8 Å². The van der Waals surface area contributed by atoms with Gasteiger partial charge in [0.05, 0.1) is 6.61 Å². The molecule has 0 spiro atoms. The number of benzene rings is 2. The number of ether oxygens (including phenoxy) is 2. The molecule has 0 saturated carbocycles. The van der Waals surface area contributed by atoms with Gasteiger partial charge in [-0.25, -0.2) is 0 Å². The van der Waals surface area contributed by atoms with Crippen molar-refractivity contribution in [3.05, 3.63) is 59.7 Å². The molecule has 0 aromatic heterocycles. The summed E-state index contributed by atoms with van der Waals surface area (Å²) in [6.45, 7) is 4.44. The number of hydrazine groups is 1. The highest BCUT2D eigenvalue weighted by atomic mass is 32.1. The number of nitrogens with one attached hydrogen (secondary N) is 3. The quantitative estimate of drug-likeness (QED) is 0.349. The number of thiocarbonyl (C=S) groups is 1. The Labute approximate surface area is 175 Å². The summed E-state index contributed by atoms with van der Waals surface area (Å²) in [4.78, 5) is 24.1. The van der Waals surface area contributed by atoms with Gasteiger partial charge in [-0.2, -0.15) is 0 Å². The Morgan fingerprint density at radius 2 is 1.72 bits per heavy atom. The minimum absolute atomic E-state index is 0.0255. The van der Waals surface area contributed by atoms with Gasteiger partial charge in [-0.05, 0) is 61.5 Å². The summed E-state index contributed by atoms with van der Waals surface area (Å²) in [5, 5.41) is 2.47. The molecule has 0 fully saturated rings. The van der Waals surface area contributed by atoms with Gasteiger partial charge in [0.2, 0.25) is 0 Å². The number of aryl methyl sites for hydroxylation is 1. The van der Waals surface area contributed by atoms with E-state index in [0.29, 0.717) is 23.7 Å². The number of hydrogen-bond donors (Lipinski definition) is 3.